The number of nitrogens with one attached hydrogen (secondary N) is 2. The van der Waals surface area contributed by atoms with E-state index < -0.39 is 10.0 Å². The number of hydrogen-bond donors (Lipinski definition) is 2. The van der Waals surface area contributed by atoms with Crippen LogP contribution in [-0.4, -0.2) is 64.9 Å². The highest BCUT2D eigenvalue weighted by Crippen LogP contribution is 2.33. The molecule has 0 spiro atoms. The average molecular weight is 501 g/mol. The molecule has 3 aromatic rings. The second-order valence-electron chi connectivity index (χ2n) is 9.37. The lowest BCUT2D eigenvalue weighted by Gasteiger charge is -2.27. The number of sulfonamides is 1. The SMILES string of the molecule is Cc1ncn2c(=O)[nH]c(-c3ccc(S(=O)(=O)N4CCNCC4)cc3OCCC3CCCCC3)nc12. The Labute approximate surface area is 204 Å². The molecule has 0 amide bonds. The fourth-order valence-corrected chi connectivity index (χ4v) is 6.42. The van der Waals surface area contributed by atoms with E-state index >= 15 is 0 Å². The van der Waals surface area contributed by atoms with E-state index in [1.807, 2.05) is 0 Å². The first-order valence-corrected chi connectivity index (χ1v) is 13.8. The van der Waals surface area contributed by atoms with E-state index in [9.17, 15) is 13.2 Å². The van der Waals surface area contributed by atoms with Crippen LogP contribution in [0, 0.1) is 12.8 Å². The van der Waals surface area contributed by atoms with Crippen LogP contribution >= 0.6 is 0 Å². The molecule has 1 aromatic carbocycles. The third-order valence-electron chi connectivity index (χ3n) is 7.01. The summed E-state index contributed by atoms with van der Waals surface area (Å²) in [5, 5.41) is 3.18. The fourth-order valence-electron chi connectivity index (χ4n) is 4.96. The summed E-state index contributed by atoms with van der Waals surface area (Å²) >= 11 is 0. The third kappa shape index (κ3) is 4.98. The summed E-state index contributed by atoms with van der Waals surface area (Å²) in [6.45, 7) is 4.36. The van der Waals surface area contributed by atoms with Gasteiger partial charge in [0, 0.05) is 32.2 Å². The minimum atomic E-state index is -3.66. The normalized spacial score (nSPS) is 18.2. The molecule has 3 heterocycles. The lowest BCUT2D eigenvalue weighted by Crippen LogP contribution is -2.46. The molecule has 1 aliphatic carbocycles. The summed E-state index contributed by atoms with van der Waals surface area (Å²) in [5.74, 6) is 1.36. The highest BCUT2D eigenvalue weighted by atomic mass is 32.2. The number of imidazole rings is 1. The lowest BCUT2D eigenvalue weighted by molar-refractivity contribution is 0.246. The molecule has 1 saturated heterocycles. The monoisotopic (exact) mass is 500 g/mol. The predicted molar refractivity (Wildman–Crippen MR) is 132 cm³/mol. The van der Waals surface area contributed by atoms with Gasteiger partial charge in [-0.15, -0.1) is 0 Å². The Bertz CT molecular complexity index is 1350. The van der Waals surface area contributed by atoms with Crippen molar-refractivity contribution in [3.05, 3.63) is 40.7 Å². The van der Waals surface area contributed by atoms with Crippen molar-refractivity contribution < 1.29 is 13.2 Å². The first-order valence-electron chi connectivity index (χ1n) is 12.4. The molecule has 188 valence electrons. The molecule has 11 heteroatoms. The van der Waals surface area contributed by atoms with Crippen molar-refractivity contribution in [2.24, 2.45) is 5.92 Å². The van der Waals surface area contributed by atoms with Gasteiger partial charge in [0.25, 0.3) is 0 Å². The summed E-state index contributed by atoms with van der Waals surface area (Å²) in [7, 11) is -3.66. The zero-order valence-electron chi connectivity index (χ0n) is 20.0. The van der Waals surface area contributed by atoms with Gasteiger partial charge >= 0.3 is 5.69 Å². The molecule has 0 bridgehead atoms. The van der Waals surface area contributed by atoms with E-state index in [0.717, 1.165) is 6.42 Å². The second kappa shape index (κ2) is 10.1. The molecule has 1 aliphatic heterocycles. The van der Waals surface area contributed by atoms with Gasteiger partial charge in [-0.25, -0.2) is 27.6 Å². The van der Waals surface area contributed by atoms with Gasteiger partial charge in [-0.3, -0.25) is 4.98 Å². The zero-order chi connectivity index (χ0) is 24.4. The second-order valence-corrected chi connectivity index (χ2v) is 11.3. The molecule has 35 heavy (non-hydrogen) atoms. The molecule has 0 radical (unpaired) electrons. The number of hydrogen-bond acceptors (Lipinski definition) is 7. The van der Waals surface area contributed by atoms with Crippen LogP contribution in [0.5, 0.6) is 5.75 Å². The number of nitrogens with zero attached hydrogens (tertiary/aromatic N) is 4. The maximum absolute atomic E-state index is 13.3. The predicted octanol–water partition coefficient (Wildman–Crippen LogP) is 2.34. The van der Waals surface area contributed by atoms with E-state index in [0.29, 0.717) is 67.2 Å². The number of fused-ring (bicyclic) bond motifs is 1. The van der Waals surface area contributed by atoms with Crippen LogP contribution in [0.3, 0.4) is 0 Å². The molecule has 5 rings (SSSR count). The van der Waals surface area contributed by atoms with Crippen LogP contribution in [0.2, 0.25) is 0 Å². The van der Waals surface area contributed by atoms with Gasteiger partial charge in [-0.1, -0.05) is 32.1 Å². The van der Waals surface area contributed by atoms with Gasteiger partial charge in [-0.05, 0) is 31.4 Å². The number of aromatic amines is 1. The number of aromatic nitrogens is 4. The Balaban J connectivity index is 1.50. The Morgan fingerprint density at radius 1 is 1.14 bits per heavy atom. The Hall–Kier alpha value is -2.76. The van der Waals surface area contributed by atoms with Gasteiger partial charge in [0.2, 0.25) is 10.0 Å². The maximum atomic E-state index is 13.3. The Morgan fingerprint density at radius 2 is 1.91 bits per heavy atom. The molecule has 1 saturated carbocycles. The van der Waals surface area contributed by atoms with Gasteiger partial charge in [0.15, 0.2) is 5.65 Å². The summed E-state index contributed by atoms with van der Waals surface area (Å²) in [6.07, 6.45) is 8.57. The third-order valence-corrected chi connectivity index (χ3v) is 8.91. The van der Waals surface area contributed by atoms with Crippen LogP contribution in [-0.2, 0) is 10.0 Å². The molecular formula is C24H32N6O4S. The van der Waals surface area contributed by atoms with E-state index in [4.69, 9.17) is 4.74 Å². The first-order chi connectivity index (χ1) is 16.9. The quantitative estimate of drug-likeness (QED) is 0.511. The van der Waals surface area contributed by atoms with Crippen molar-refractivity contribution in [2.75, 3.05) is 32.8 Å². The minimum Gasteiger partial charge on any atom is -0.493 e. The van der Waals surface area contributed by atoms with Gasteiger partial charge in [0.05, 0.1) is 22.8 Å². The highest BCUT2D eigenvalue weighted by Gasteiger charge is 2.27. The van der Waals surface area contributed by atoms with Crippen molar-refractivity contribution >= 4 is 15.7 Å². The first kappa shape index (κ1) is 24.0. The Kier molecular flexibility index (Phi) is 6.90. The number of H-pyrrole nitrogens is 1. The van der Waals surface area contributed by atoms with Crippen molar-refractivity contribution in [1.82, 2.24) is 29.0 Å². The van der Waals surface area contributed by atoms with Crippen LogP contribution in [0.4, 0.5) is 0 Å². The van der Waals surface area contributed by atoms with E-state index in [1.54, 1.807) is 25.1 Å². The molecule has 0 unspecified atom stereocenters. The number of rotatable bonds is 7. The topological polar surface area (TPSA) is 122 Å². The van der Waals surface area contributed by atoms with Gasteiger partial charge in [-0.2, -0.15) is 4.31 Å². The van der Waals surface area contributed by atoms with E-state index in [1.165, 1.54) is 47.1 Å². The highest BCUT2D eigenvalue weighted by molar-refractivity contribution is 7.89. The van der Waals surface area contributed by atoms with Crippen LogP contribution in [0.1, 0.15) is 44.2 Å². The molecule has 2 N–H and O–H groups in total. The van der Waals surface area contributed by atoms with Gasteiger partial charge in [0.1, 0.15) is 17.9 Å². The standard InChI is InChI=1S/C24H32N6O4S/c1-17-23-27-22(28-24(31)30(23)16-26-17)20-8-7-19(35(32,33)29-12-10-25-11-13-29)15-21(20)34-14-9-18-5-3-2-4-6-18/h7-8,15-16,18,25H,2-6,9-14H2,1H3,(H,27,28,31). The van der Waals surface area contributed by atoms with Crippen molar-refractivity contribution in [2.45, 2.75) is 50.3 Å². The van der Waals surface area contributed by atoms with Crippen LogP contribution in [0.15, 0.2) is 34.2 Å². The van der Waals surface area contributed by atoms with Gasteiger partial charge < -0.3 is 10.1 Å². The van der Waals surface area contributed by atoms with E-state index in [2.05, 4.69) is 20.3 Å². The Morgan fingerprint density at radius 3 is 2.69 bits per heavy atom. The number of benzene rings is 1. The van der Waals surface area contributed by atoms with E-state index in [-0.39, 0.29) is 10.6 Å². The fraction of sp³-hybridized carbons (Fsp3) is 0.542. The van der Waals surface area contributed by atoms with Crippen molar-refractivity contribution in [3.63, 3.8) is 0 Å². The molecule has 2 aromatic heterocycles. The average Bonchev–Trinajstić information content (AvgIpc) is 3.26. The smallest absolute Gasteiger partial charge is 0.334 e. The number of aryl methyl sites for hydroxylation is 1. The summed E-state index contributed by atoms with van der Waals surface area (Å²) < 4.78 is 35.7. The zero-order valence-corrected chi connectivity index (χ0v) is 20.8. The number of piperazine rings is 1. The summed E-state index contributed by atoms with van der Waals surface area (Å²) in [4.78, 5) is 24.4. The summed E-state index contributed by atoms with van der Waals surface area (Å²) in [5.41, 5.74) is 1.27. The minimum absolute atomic E-state index is 0.180. The van der Waals surface area contributed by atoms with Crippen LogP contribution < -0.4 is 15.7 Å². The molecule has 10 nitrogen and oxygen atoms in total. The lowest BCUT2D eigenvalue weighted by atomic mass is 9.87. The molecule has 2 aliphatic rings. The molecule has 0 atom stereocenters. The summed E-state index contributed by atoms with van der Waals surface area (Å²) in [6, 6.07) is 4.81. The number of ether oxygens (including phenoxy) is 1. The van der Waals surface area contributed by atoms with Crippen molar-refractivity contribution in [3.8, 4) is 17.1 Å². The van der Waals surface area contributed by atoms with Crippen LogP contribution in [0.25, 0.3) is 17.0 Å². The molecule has 2 fully saturated rings. The largest absolute Gasteiger partial charge is 0.493 e. The van der Waals surface area contributed by atoms with Crippen molar-refractivity contribution in [1.29, 1.82) is 0 Å². The molecular weight excluding hydrogens is 468 g/mol. The maximum Gasteiger partial charge on any atom is 0.334 e.